The number of methoxy groups -OCH3 is 1. The van der Waals surface area contributed by atoms with Crippen molar-refractivity contribution in [3.05, 3.63) is 48.0 Å². The van der Waals surface area contributed by atoms with Crippen molar-refractivity contribution in [1.82, 2.24) is 9.62 Å². The first-order valence-corrected chi connectivity index (χ1v) is 12.3. The number of anilines is 1. The summed E-state index contributed by atoms with van der Waals surface area (Å²) in [6.45, 7) is 3.04. The van der Waals surface area contributed by atoms with Gasteiger partial charge in [-0.1, -0.05) is 6.42 Å². The molecule has 2 aromatic carbocycles. The van der Waals surface area contributed by atoms with Crippen LogP contribution in [0.15, 0.2) is 47.4 Å². The molecule has 3 rings (SSSR count). The maximum absolute atomic E-state index is 13.1. The van der Waals surface area contributed by atoms with Gasteiger partial charge in [-0.05, 0) is 62.2 Å². The van der Waals surface area contributed by atoms with Crippen molar-refractivity contribution in [3.63, 3.8) is 0 Å². The van der Waals surface area contributed by atoms with Crippen molar-refractivity contribution in [2.24, 2.45) is 0 Å². The first-order valence-electron chi connectivity index (χ1n) is 10.8. The summed E-state index contributed by atoms with van der Waals surface area (Å²) in [5, 5.41) is 5.18. The van der Waals surface area contributed by atoms with Crippen molar-refractivity contribution in [2.75, 3.05) is 38.7 Å². The fraction of sp³-hybridized carbons (Fsp3) is 0.391. The lowest BCUT2D eigenvalue weighted by molar-refractivity contribution is -0.115. The summed E-state index contributed by atoms with van der Waals surface area (Å²) in [5.41, 5.74) is 0.692. The van der Waals surface area contributed by atoms with E-state index in [1.165, 1.54) is 23.5 Å². The number of nitrogens with one attached hydrogen (secondary N) is 2. The fourth-order valence-electron chi connectivity index (χ4n) is 3.54. The molecule has 0 bridgehead atoms. The second-order valence-corrected chi connectivity index (χ2v) is 9.42. The van der Waals surface area contributed by atoms with Crippen molar-refractivity contribution in [3.8, 4) is 11.5 Å². The molecular weight excluding hydrogens is 446 g/mol. The Kier molecular flexibility index (Phi) is 8.29. The van der Waals surface area contributed by atoms with E-state index in [1.807, 2.05) is 6.92 Å². The second kappa shape index (κ2) is 11.2. The lowest BCUT2D eigenvalue weighted by Crippen LogP contribution is -2.36. The van der Waals surface area contributed by atoms with Gasteiger partial charge in [-0.15, -0.1) is 0 Å². The zero-order valence-electron chi connectivity index (χ0n) is 18.8. The lowest BCUT2D eigenvalue weighted by Gasteiger charge is -2.26. The van der Waals surface area contributed by atoms with Gasteiger partial charge in [0.15, 0.2) is 0 Å². The molecule has 0 aromatic heterocycles. The first kappa shape index (κ1) is 24.5. The SMILES string of the molecule is CCOc1ccc(C(=O)NCC(=O)Nc2ccc(OC)c(S(=O)(=O)N3CCCCC3)c2)cc1. The second-order valence-electron chi connectivity index (χ2n) is 7.52. The molecule has 2 aromatic rings. The van der Waals surface area contributed by atoms with Gasteiger partial charge in [0.05, 0.1) is 20.3 Å². The number of nitrogens with zero attached hydrogens (tertiary/aromatic N) is 1. The number of piperidine rings is 1. The molecule has 1 aliphatic heterocycles. The molecule has 1 saturated heterocycles. The molecule has 2 N–H and O–H groups in total. The third kappa shape index (κ3) is 6.23. The average molecular weight is 476 g/mol. The van der Waals surface area contributed by atoms with Crippen LogP contribution in [0.3, 0.4) is 0 Å². The topological polar surface area (TPSA) is 114 Å². The first-order chi connectivity index (χ1) is 15.8. The molecule has 178 valence electrons. The molecule has 2 amide bonds. The van der Waals surface area contributed by atoms with E-state index in [2.05, 4.69) is 10.6 Å². The maximum atomic E-state index is 13.1. The molecule has 1 heterocycles. The molecule has 10 heteroatoms. The quantitative estimate of drug-likeness (QED) is 0.576. The molecule has 0 aliphatic carbocycles. The molecule has 0 unspecified atom stereocenters. The summed E-state index contributed by atoms with van der Waals surface area (Å²) < 4.78 is 38.3. The fourth-order valence-corrected chi connectivity index (χ4v) is 5.24. The van der Waals surface area contributed by atoms with E-state index in [4.69, 9.17) is 9.47 Å². The smallest absolute Gasteiger partial charge is 0.251 e. The van der Waals surface area contributed by atoms with E-state index in [0.29, 0.717) is 36.7 Å². The highest BCUT2D eigenvalue weighted by molar-refractivity contribution is 7.89. The van der Waals surface area contributed by atoms with E-state index in [-0.39, 0.29) is 17.2 Å². The Morgan fingerprint density at radius 1 is 1.03 bits per heavy atom. The average Bonchev–Trinajstić information content (AvgIpc) is 2.83. The van der Waals surface area contributed by atoms with Gasteiger partial charge in [0.25, 0.3) is 5.91 Å². The van der Waals surface area contributed by atoms with Crippen LogP contribution in [-0.2, 0) is 14.8 Å². The van der Waals surface area contributed by atoms with Crippen molar-refractivity contribution in [2.45, 2.75) is 31.1 Å². The van der Waals surface area contributed by atoms with Crippen LogP contribution in [0.4, 0.5) is 5.69 Å². The molecule has 0 spiro atoms. The van der Waals surface area contributed by atoms with E-state index in [1.54, 1.807) is 30.3 Å². The Bertz CT molecular complexity index is 1080. The number of amides is 2. The predicted molar refractivity (Wildman–Crippen MR) is 124 cm³/mol. The van der Waals surface area contributed by atoms with Gasteiger partial charge in [0.2, 0.25) is 15.9 Å². The minimum Gasteiger partial charge on any atom is -0.495 e. The van der Waals surface area contributed by atoms with Crippen LogP contribution < -0.4 is 20.1 Å². The third-order valence-electron chi connectivity index (χ3n) is 5.22. The van der Waals surface area contributed by atoms with Crippen LogP contribution in [0.5, 0.6) is 11.5 Å². The summed E-state index contributed by atoms with van der Waals surface area (Å²) >= 11 is 0. The number of ether oxygens (including phenoxy) is 2. The number of sulfonamides is 1. The minimum atomic E-state index is -3.76. The summed E-state index contributed by atoms with van der Waals surface area (Å²) in [5.74, 6) is -0.0268. The van der Waals surface area contributed by atoms with E-state index in [9.17, 15) is 18.0 Å². The monoisotopic (exact) mass is 475 g/mol. The zero-order chi connectivity index (χ0) is 23.8. The molecule has 0 saturated carbocycles. The van der Waals surface area contributed by atoms with Crippen LogP contribution in [0.2, 0.25) is 0 Å². The highest BCUT2D eigenvalue weighted by Gasteiger charge is 2.29. The van der Waals surface area contributed by atoms with Crippen LogP contribution >= 0.6 is 0 Å². The van der Waals surface area contributed by atoms with E-state index in [0.717, 1.165) is 19.3 Å². The highest BCUT2D eigenvalue weighted by atomic mass is 32.2. The number of rotatable bonds is 9. The van der Waals surface area contributed by atoms with E-state index >= 15 is 0 Å². The molecular formula is C23H29N3O6S. The zero-order valence-corrected chi connectivity index (χ0v) is 19.6. The molecule has 1 fully saturated rings. The highest BCUT2D eigenvalue weighted by Crippen LogP contribution is 2.31. The van der Waals surface area contributed by atoms with Crippen LogP contribution in [-0.4, -0.2) is 57.9 Å². The van der Waals surface area contributed by atoms with Gasteiger partial charge in [-0.2, -0.15) is 4.31 Å². The van der Waals surface area contributed by atoms with Crippen molar-refractivity contribution >= 4 is 27.5 Å². The Labute approximate surface area is 194 Å². The Hall–Kier alpha value is -3.11. The molecule has 9 nitrogen and oxygen atoms in total. The van der Waals surface area contributed by atoms with Gasteiger partial charge in [0, 0.05) is 24.3 Å². The summed E-state index contributed by atoms with van der Waals surface area (Å²) in [6, 6.07) is 11.0. The van der Waals surface area contributed by atoms with Gasteiger partial charge in [0.1, 0.15) is 16.4 Å². The largest absolute Gasteiger partial charge is 0.495 e. The van der Waals surface area contributed by atoms with Crippen LogP contribution in [0, 0.1) is 0 Å². The van der Waals surface area contributed by atoms with Gasteiger partial charge in [-0.25, -0.2) is 8.42 Å². The number of benzene rings is 2. The minimum absolute atomic E-state index is 0.00289. The normalized spacial score (nSPS) is 14.4. The lowest BCUT2D eigenvalue weighted by atomic mass is 10.2. The molecule has 1 aliphatic rings. The van der Waals surface area contributed by atoms with Crippen LogP contribution in [0.25, 0.3) is 0 Å². The predicted octanol–water partition coefficient (Wildman–Crippen LogP) is 2.64. The standard InChI is InChI=1S/C23H29N3O6S/c1-3-32-19-10-7-17(8-11-19)23(28)24-16-22(27)25-18-9-12-20(31-2)21(15-18)33(29,30)26-13-5-4-6-14-26/h7-12,15H,3-6,13-14,16H2,1-2H3,(H,24,28)(H,25,27). The maximum Gasteiger partial charge on any atom is 0.251 e. The summed E-state index contributed by atoms with van der Waals surface area (Å²) in [6.07, 6.45) is 2.62. The number of carbonyl (C=O) groups excluding carboxylic acids is 2. The molecule has 0 radical (unpaired) electrons. The van der Waals surface area contributed by atoms with Crippen LogP contribution in [0.1, 0.15) is 36.5 Å². The Morgan fingerprint density at radius 2 is 1.73 bits per heavy atom. The number of carbonyl (C=O) groups is 2. The summed E-state index contributed by atoms with van der Waals surface area (Å²) in [4.78, 5) is 24.7. The molecule has 33 heavy (non-hydrogen) atoms. The van der Waals surface area contributed by atoms with Crippen molar-refractivity contribution < 1.29 is 27.5 Å². The summed E-state index contributed by atoms with van der Waals surface area (Å²) in [7, 11) is -2.35. The van der Waals surface area contributed by atoms with Crippen molar-refractivity contribution in [1.29, 1.82) is 0 Å². The Balaban J connectivity index is 1.64. The van der Waals surface area contributed by atoms with Gasteiger partial charge < -0.3 is 20.1 Å². The van der Waals surface area contributed by atoms with E-state index < -0.39 is 21.8 Å². The molecule has 0 atom stereocenters. The van der Waals surface area contributed by atoms with Gasteiger partial charge >= 0.3 is 0 Å². The number of hydrogen-bond acceptors (Lipinski definition) is 6. The van der Waals surface area contributed by atoms with Gasteiger partial charge in [-0.3, -0.25) is 9.59 Å². The third-order valence-corrected chi connectivity index (χ3v) is 7.14. The number of hydrogen-bond donors (Lipinski definition) is 2. The Morgan fingerprint density at radius 3 is 2.36 bits per heavy atom.